The molecule has 2 nitrogen and oxygen atoms in total. The van der Waals surface area contributed by atoms with Crippen molar-refractivity contribution in [1.29, 1.82) is 0 Å². The quantitative estimate of drug-likeness (QED) is 0.471. The zero-order chi connectivity index (χ0) is 7.56. The van der Waals surface area contributed by atoms with Crippen LogP contribution in [0, 0.1) is 0 Å². The van der Waals surface area contributed by atoms with Crippen molar-refractivity contribution in [2.24, 2.45) is 0 Å². The summed E-state index contributed by atoms with van der Waals surface area (Å²) in [6.07, 6.45) is 0. The van der Waals surface area contributed by atoms with E-state index in [1.165, 1.54) is 12.1 Å². The van der Waals surface area contributed by atoms with Gasteiger partial charge < -0.3 is 10.2 Å². The first-order chi connectivity index (χ1) is 4.74. The van der Waals surface area contributed by atoms with Crippen LogP contribution in [-0.2, 0) is 0 Å². The van der Waals surface area contributed by atoms with Gasteiger partial charge in [0.2, 0.25) is 0 Å². The average Bonchev–Trinajstić information content (AvgIpc) is 1.94. The van der Waals surface area contributed by atoms with Gasteiger partial charge in [0.05, 0.1) is 0 Å². The Balaban J connectivity index is 3.09. The second-order valence-electron chi connectivity index (χ2n) is 1.95. The van der Waals surface area contributed by atoms with Crippen LogP contribution in [0.25, 0.3) is 0 Å². The number of benzene rings is 1. The highest BCUT2D eigenvalue weighted by molar-refractivity contribution is 7.46. The van der Waals surface area contributed by atoms with Gasteiger partial charge in [0.25, 0.3) is 0 Å². The predicted molar refractivity (Wildman–Crippen MR) is 43.6 cm³/mol. The molecule has 1 rings (SSSR count). The van der Waals surface area contributed by atoms with Crippen molar-refractivity contribution in [1.82, 2.24) is 0 Å². The van der Waals surface area contributed by atoms with Crippen LogP contribution in [-0.4, -0.2) is 16.9 Å². The number of phenols is 2. The van der Waals surface area contributed by atoms with E-state index < -0.39 is 0 Å². The molecule has 0 aromatic heterocycles. The molecule has 0 saturated heterocycles. The molecular formula is C7H9O2P. The van der Waals surface area contributed by atoms with E-state index in [-0.39, 0.29) is 11.5 Å². The minimum atomic E-state index is 0.210. The Bertz CT molecular complexity index is 235. The highest BCUT2D eigenvalue weighted by atomic mass is 31.1. The highest BCUT2D eigenvalue weighted by Gasteiger charge is 1.97. The summed E-state index contributed by atoms with van der Waals surface area (Å²) < 4.78 is 0. The lowest BCUT2D eigenvalue weighted by molar-refractivity contribution is 0.464. The monoisotopic (exact) mass is 156 g/mol. The molecule has 0 amide bonds. The number of phenolic OH excluding ortho intramolecular Hbond substituents is 2. The minimum Gasteiger partial charge on any atom is -0.508 e. The van der Waals surface area contributed by atoms with Crippen LogP contribution in [0.2, 0.25) is 0 Å². The average molecular weight is 156 g/mol. The summed E-state index contributed by atoms with van der Waals surface area (Å²) in [5.74, 6) is 0.473. The molecule has 0 heterocycles. The van der Waals surface area contributed by atoms with Gasteiger partial charge in [-0.05, 0) is 24.9 Å². The zero-order valence-corrected chi connectivity index (χ0v) is 6.63. The zero-order valence-electron chi connectivity index (χ0n) is 5.63. The topological polar surface area (TPSA) is 40.5 Å². The lowest BCUT2D eigenvalue weighted by atomic mass is 10.3. The van der Waals surface area contributed by atoms with Crippen LogP contribution in [0.1, 0.15) is 0 Å². The second kappa shape index (κ2) is 2.89. The Hall–Kier alpha value is -0.750. The van der Waals surface area contributed by atoms with Gasteiger partial charge in [-0.3, -0.25) is 0 Å². The van der Waals surface area contributed by atoms with Gasteiger partial charge in [0.15, 0.2) is 0 Å². The summed E-state index contributed by atoms with van der Waals surface area (Å²) in [5.41, 5.74) is 0. The van der Waals surface area contributed by atoms with E-state index in [9.17, 15) is 0 Å². The molecule has 10 heavy (non-hydrogen) atoms. The molecule has 3 heteroatoms. The van der Waals surface area contributed by atoms with Gasteiger partial charge in [-0.25, -0.2) is 0 Å². The largest absolute Gasteiger partial charge is 0.508 e. The molecule has 0 saturated carbocycles. The summed E-state index contributed by atoms with van der Waals surface area (Å²) in [4.78, 5) is 0. The van der Waals surface area contributed by atoms with Crippen molar-refractivity contribution in [2.45, 2.75) is 0 Å². The van der Waals surface area contributed by atoms with Crippen LogP contribution >= 0.6 is 8.58 Å². The molecule has 54 valence electrons. The fraction of sp³-hybridized carbons (Fsp3) is 0.143. The lowest BCUT2D eigenvalue weighted by Crippen LogP contribution is -1.92. The van der Waals surface area contributed by atoms with Gasteiger partial charge in [-0.15, -0.1) is 0 Å². The first-order valence-electron chi connectivity index (χ1n) is 2.94. The SMILES string of the molecule is CPc1cc(O)ccc1O. The molecule has 0 radical (unpaired) electrons. The van der Waals surface area contributed by atoms with E-state index in [1.807, 2.05) is 6.66 Å². The summed E-state index contributed by atoms with van der Waals surface area (Å²) in [5, 5.41) is 18.9. The summed E-state index contributed by atoms with van der Waals surface area (Å²) in [6.45, 7) is 1.95. The Labute approximate surface area is 61.3 Å². The third kappa shape index (κ3) is 1.39. The molecular weight excluding hydrogens is 147 g/mol. The number of hydrogen-bond donors (Lipinski definition) is 2. The summed E-state index contributed by atoms with van der Waals surface area (Å²) >= 11 is 0. The van der Waals surface area contributed by atoms with Gasteiger partial charge in [0.1, 0.15) is 11.5 Å². The Kier molecular flexibility index (Phi) is 2.13. The van der Waals surface area contributed by atoms with Gasteiger partial charge in [-0.2, -0.15) is 0 Å². The van der Waals surface area contributed by atoms with Crippen molar-refractivity contribution in [3.63, 3.8) is 0 Å². The molecule has 0 aliphatic rings. The van der Waals surface area contributed by atoms with Crippen molar-refractivity contribution >= 4 is 13.9 Å². The van der Waals surface area contributed by atoms with Crippen molar-refractivity contribution in [3.8, 4) is 11.5 Å². The number of hydrogen-bond acceptors (Lipinski definition) is 2. The lowest BCUT2D eigenvalue weighted by Gasteiger charge is -2.00. The van der Waals surface area contributed by atoms with E-state index in [1.54, 1.807) is 6.07 Å². The van der Waals surface area contributed by atoms with E-state index in [0.29, 0.717) is 8.58 Å². The molecule has 0 aliphatic heterocycles. The fourth-order valence-electron chi connectivity index (χ4n) is 0.724. The van der Waals surface area contributed by atoms with Crippen LogP contribution in [0.5, 0.6) is 11.5 Å². The maximum atomic E-state index is 9.13. The third-order valence-electron chi connectivity index (χ3n) is 1.25. The van der Waals surface area contributed by atoms with E-state index in [0.717, 1.165) is 5.30 Å². The molecule has 2 N–H and O–H groups in total. The Morgan fingerprint density at radius 3 is 2.50 bits per heavy atom. The van der Waals surface area contributed by atoms with Crippen molar-refractivity contribution < 1.29 is 10.2 Å². The normalized spacial score (nSPS) is 10.9. The number of aromatic hydroxyl groups is 2. The third-order valence-corrected chi connectivity index (χ3v) is 2.19. The Morgan fingerprint density at radius 2 is 2.00 bits per heavy atom. The van der Waals surface area contributed by atoms with Crippen molar-refractivity contribution in [3.05, 3.63) is 18.2 Å². The molecule has 1 unspecified atom stereocenters. The van der Waals surface area contributed by atoms with Gasteiger partial charge in [0, 0.05) is 5.30 Å². The van der Waals surface area contributed by atoms with Gasteiger partial charge in [-0.1, -0.05) is 8.58 Å². The first-order valence-corrected chi connectivity index (χ1v) is 4.44. The van der Waals surface area contributed by atoms with Crippen LogP contribution < -0.4 is 5.30 Å². The first kappa shape index (κ1) is 7.36. The highest BCUT2D eigenvalue weighted by Crippen LogP contribution is 2.19. The van der Waals surface area contributed by atoms with E-state index in [2.05, 4.69) is 0 Å². The van der Waals surface area contributed by atoms with E-state index >= 15 is 0 Å². The van der Waals surface area contributed by atoms with Crippen molar-refractivity contribution in [2.75, 3.05) is 6.66 Å². The molecule has 0 spiro atoms. The van der Waals surface area contributed by atoms with Crippen LogP contribution in [0.4, 0.5) is 0 Å². The van der Waals surface area contributed by atoms with Gasteiger partial charge >= 0.3 is 0 Å². The van der Waals surface area contributed by atoms with Crippen LogP contribution in [0.3, 0.4) is 0 Å². The van der Waals surface area contributed by atoms with Crippen LogP contribution in [0.15, 0.2) is 18.2 Å². The fourth-order valence-corrected chi connectivity index (χ4v) is 1.36. The molecule has 1 atom stereocenters. The predicted octanol–water partition coefficient (Wildman–Crippen LogP) is 1.03. The minimum absolute atomic E-state index is 0.210. The smallest absolute Gasteiger partial charge is 0.123 e. The summed E-state index contributed by atoms with van der Waals surface area (Å²) in [6, 6.07) is 4.55. The molecule has 1 aromatic rings. The standard InChI is InChI=1S/C7H9O2P/c1-10-7-4-5(8)2-3-6(7)9/h2-4,8-10H,1H3. The summed E-state index contributed by atoms with van der Waals surface area (Å²) in [7, 11) is 0.515. The molecule has 1 aromatic carbocycles. The molecule has 0 aliphatic carbocycles. The molecule has 0 fully saturated rings. The van der Waals surface area contributed by atoms with E-state index in [4.69, 9.17) is 10.2 Å². The number of rotatable bonds is 1. The Morgan fingerprint density at radius 1 is 1.30 bits per heavy atom. The maximum Gasteiger partial charge on any atom is 0.123 e. The maximum absolute atomic E-state index is 9.13. The second-order valence-corrected chi connectivity index (χ2v) is 2.99. The molecule has 0 bridgehead atoms.